The Labute approximate surface area is 161 Å². The van der Waals surface area contributed by atoms with Gasteiger partial charge in [-0.05, 0) is 37.8 Å². The van der Waals surface area contributed by atoms with Crippen LogP contribution in [0.2, 0.25) is 0 Å². The number of rotatable bonds is 12. The van der Waals surface area contributed by atoms with Crippen molar-refractivity contribution in [2.75, 3.05) is 0 Å². The number of hydrogen-bond donors (Lipinski definition) is 1. The average molecular weight is 374 g/mol. The highest BCUT2D eigenvalue weighted by atomic mass is 16.6. The topological polar surface area (TPSA) is 80.7 Å². The zero-order valence-electron chi connectivity index (χ0n) is 16.3. The SMILES string of the molecule is CCCCC/C=C\C[C@]1(OC(C)=O)C=CC(=O)/C1=C/C=C/CCCC(=O)O. The van der Waals surface area contributed by atoms with Crippen LogP contribution in [0.1, 0.15) is 65.2 Å². The summed E-state index contributed by atoms with van der Waals surface area (Å²) in [5.74, 6) is -1.44. The molecule has 0 aromatic heterocycles. The lowest BCUT2D eigenvalue weighted by Gasteiger charge is -2.27. The number of unbranched alkanes of at least 4 members (excludes halogenated alkanes) is 4. The molecule has 5 heteroatoms. The van der Waals surface area contributed by atoms with Gasteiger partial charge in [0.2, 0.25) is 0 Å². The lowest BCUT2D eigenvalue weighted by molar-refractivity contribution is -0.149. The Morgan fingerprint density at radius 1 is 1.15 bits per heavy atom. The van der Waals surface area contributed by atoms with Crippen LogP contribution in [0.25, 0.3) is 0 Å². The summed E-state index contributed by atoms with van der Waals surface area (Å²) in [7, 11) is 0. The van der Waals surface area contributed by atoms with E-state index < -0.39 is 17.5 Å². The van der Waals surface area contributed by atoms with Gasteiger partial charge in [0.05, 0.1) is 0 Å². The number of carbonyl (C=O) groups is 3. The van der Waals surface area contributed by atoms with Gasteiger partial charge >= 0.3 is 11.9 Å². The van der Waals surface area contributed by atoms with Gasteiger partial charge in [-0.15, -0.1) is 0 Å². The quantitative estimate of drug-likeness (QED) is 0.232. The van der Waals surface area contributed by atoms with Gasteiger partial charge in [0.25, 0.3) is 0 Å². The molecule has 0 saturated heterocycles. The molecule has 5 nitrogen and oxygen atoms in total. The van der Waals surface area contributed by atoms with Gasteiger partial charge in [-0.25, -0.2) is 0 Å². The second-order valence-corrected chi connectivity index (χ2v) is 6.65. The summed E-state index contributed by atoms with van der Waals surface area (Å²) in [6.07, 6.45) is 18.4. The molecule has 0 radical (unpaired) electrons. The zero-order valence-corrected chi connectivity index (χ0v) is 16.3. The predicted molar refractivity (Wildman–Crippen MR) is 105 cm³/mol. The van der Waals surface area contributed by atoms with Crippen molar-refractivity contribution in [3.8, 4) is 0 Å². The van der Waals surface area contributed by atoms with Gasteiger partial charge in [0.1, 0.15) is 0 Å². The van der Waals surface area contributed by atoms with Crippen LogP contribution in [0, 0.1) is 0 Å². The van der Waals surface area contributed by atoms with Crippen LogP contribution < -0.4 is 0 Å². The number of carbonyl (C=O) groups excluding carboxylic acids is 2. The number of aliphatic carboxylic acids is 1. The van der Waals surface area contributed by atoms with Gasteiger partial charge in [-0.1, -0.05) is 50.1 Å². The normalized spacial score (nSPS) is 21.0. The fraction of sp³-hybridized carbons (Fsp3) is 0.500. The summed E-state index contributed by atoms with van der Waals surface area (Å²) in [4.78, 5) is 34.4. The minimum atomic E-state index is -1.06. The molecule has 1 aliphatic carbocycles. The first-order valence-electron chi connectivity index (χ1n) is 9.58. The predicted octanol–water partition coefficient (Wildman–Crippen LogP) is 4.69. The molecule has 0 aromatic carbocycles. The van der Waals surface area contributed by atoms with Crippen molar-refractivity contribution >= 4 is 17.7 Å². The Morgan fingerprint density at radius 3 is 2.56 bits per heavy atom. The van der Waals surface area contributed by atoms with Crippen LogP contribution in [0.3, 0.4) is 0 Å². The number of ether oxygens (including phenoxy) is 1. The summed E-state index contributed by atoms with van der Waals surface area (Å²) in [6, 6.07) is 0. The van der Waals surface area contributed by atoms with E-state index in [1.807, 2.05) is 12.2 Å². The van der Waals surface area contributed by atoms with Crippen molar-refractivity contribution in [2.24, 2.45) is 0 Å². The average Bonchev–Trinajstić information content (AvgIpc) is 2.89. The van der Waals surface area contributed by atoms with E-state index in [9.17, 15) is 14.4 Å². The molecule has 0 aromatic rings. The molecule has 1 atom stereocenters. The monoisotopic (exact) mass is 374 g/mol. The molecule has 0 spiro atoms. The van der Waals surface area contributed by atoms with Crippen LogP contribution in [0.5, 0.6) is 0 Å². The van der Waals surface area contributed by atoms with Gasteiger partial charge in [0.15, 0.2) is 11.4 Å². The third-order valence-electron chi connectivity index (χ3n) is 4.27. The number of ketones is 1. The number of hydrogen-bond acceptors (Lipinski definition) is 4. The lowest BCUT2D eigenvalue weighted by Crippen LogP contribution is -2.33. The van der Waals surface area contributed by atoms with Crippen LogP contribution in [-0.2, 0) is 19.1 Å². The van der Waals surface area contributed by atoms with E-state index in [1.165, 1.54) is 19.4 Å². The molecular formula is C22H30O5. The largest absolute Gasteiger partial charge is 0.481 e. The Kier molecular flexibility index (Phi) is 10.1. The van der Waals surface area contributed by atoms with Crippen molar-refractivity contribution < 1.29 is 24.2 Å². The molecule has 0 unspecified atom stereocenters. The molecule has 0 bridgehead atoms. The minimum Gasteiger partial charge on any atom is -0.481 e. The number of carboxylic acids is 1. The molecule has 148 valence electrons. The van der Waals surface area contributed by atoms with Gasteiger partial charge in [-0.2, -0.15) is 0 Å². The van der Waals surface area contributed by atoms with E-state index in [4.69, 9.17) is 9.84 Å². The molecule has 1 aliphatic rings. The number of esters is 1. The Balaban J connectivity index is 2.82. The Bertz CT molecular complexity index is 639. The summed E-state index contributed by atoms with van der Waals surface area (Å²) in [5.41, 5.74) is -0.638. The minimum absolute atomic E-state index is 0.113. The van der Waals surface area contributed by atoms with Crippen molar-refractivity contribution in [1.29, 1.82) is 0 Å². The molecular weight excluding hydrogens is 344 g/mol. The highest BCUT2D eigenvalue weighted by Gasteiger charge is 2.41. The second kappa shape index (κ2) is 12.0. The van der Waals surface area contributed by atoms with Crippen LogP contribution >= 0.6 is 0 Å². The van der Waals surface area contributed by atoms with E-state index in [1.54, 1.807) is 18.2 Å². The first kappa shape index (κ1) is 22.6. The zero-order chi connectivity index (χ0) is 20.1. The molecule has 27 heavy (non-hydrogen) atoms. The fourth-order valence-electron chi connectivity index (χ4n) is 2.91. The highest BCUT2D eigenvalue weighted by Crippen LogP contribution is 2.34. The molecule has 1 N–H and O–H groups in total. The Hall–Kier alpha value is -2.43. The maximum atomic E-state index is 12.3. The van der Waals surface area contributed by atoms with Crippen molar-refractivity contribution in [3.05, 3.63) is 48.1 Å². The van der Waals surface area contributed by atoms with E-state index in [2.05, 4.69) is 13.0 Å². The van der Waals surface area contributed by atoms with Crippen LogP contribution in [0.4, 0.5) is 0 Å². The fourth-order valence-corrected chi connectivity index (χ4v) is 2.91. The lowest BCUT2D eigenvalue weighted by atomic mass is 9.91. The summed E-state index contributed by atoms with van der Waals surface area (Å²) in [6.45, 7) is 3.49. The molecule has 0 saturated carbocycles. The molecule has 0 heterocycles. The maximum absolute atomic E-state index is 12.3. The standard InChI is InChI=1S/C22H30O5/c1-3-4-5-6-9-12-16-22(27-18(2)23)17-15-20(24)19(22)13-10-7-8-11-14-21(25)26/h7,9-10,12-13,15,17H,3-6,8,11,14,16H2,1-2H3,(H,25,26)/b10-7+,12-9-,19-13-/t22-/m0/s1. The second-order valence-electron chi connectivity index (χ2n) is 6.65. The van der Waals surface area contributed by atoms with E-state index in [0.29, 0.717) is 24.8 Å². The van der Waals surface area contributed by atoms with Crippen LogP contribution in [-0.4, -0.2) is 28.4 Å². The highest BCUT2D eigenvalue weighted by molar-refractivity contribution is 6.09. The van der Waals surface area contributed by atoms with E-state index in [0.717, 1.165) is 19.3 Å². The third kappa shape index (κ3) is 8.20. The maximum Gasteiger partial charge on any atom is 0.303 e. The molecule has 0 amide bonds. The van der Waals surface area contributed by atoms with Crippen LogP contribution in [0.15, 0.2) is 48.1 Å². The van der Waals surface area contributed by atoms with Gasteiger partial charge in [0, 0.05) is 25.3 Å². The summed E-state index contributed by atoms with van der Waals surface area (Å²) in [5, 5.41) is 8.64. The third-order valence-corrected chi connectivity index (χ3v) is 4.27. The first-order chi connectivity index (χ1) is 12.9. The van der Waals surface area contributed by atoms with E-state index >= 15 is 0 Å². The Morgan fingerprint density at radius 2 is 1.89 bits per heavy atom. The summed E-state index contributed by atoms with van der Waals surface area (Å²) >= 11 is 0. The number of allylic oxidation sites excluding steroid dienone is 5. The first-order valence-corrected chi connectivity index (χ1v) is 9.58. The van der Waals surface area contributed by atoms with Crippen molar-refractivity contribution in [3.63, 3.8) is 0 Å². The smallest absolute Gasteiger partial charge is 0.303 e. The molecule has 1 rings (SSSR count). The van der Waals surface area contributed by atoms with Gasteiger partial charge < -0.3 is 9.84 Å². The van der Waals surface area contributed by atoms with E-state index in [-0.39, 0.29) is 12.2 Å². The van der Waals surface area contributed by atoms with Crippen molar-refractivity contribution in [2.45, 2.75) is 70.8 Å². The summed E-state index contributed by atoms with van der Waals surface area (Å²) < 4.78 is 5.54. The molecule has 0 fully saturated rings. The molecule has 0 aliphatic heterocycles. The van der Waals surface area contributed by atoms with Crippen molar-refractivity contribution in [1.82, 2.24) is 0 Å². The number of carboxylic acid groups (broad SMARTS) is 1. The van der Waals surface area contributed by atoms with Gasteiger partial charge in [-0.3, -0.25) is 14.4 Å².